The number of carbonyl (C=O) groups excluding carboxylic acids is 1. The van der Waals surface area contributed by atoms with Crippen LogP contribution >= 0.6 is 0 Å². The standard InChI is InChI=1S/C12H12F3NO/c13-12(14,15)9-3-1-2-4-10(9)16-11(17)7-8-5-6-8/h1-4,8H,5-7H2,(H,16,17). The summed E-state index contributed by atoms with van der Waals surface area (Å²) in [5, 5.41) is 2.33. The number of hydrogen-bond acceptors (Lipinski definition) is 1. The molecule has 0 aliphatic heterocycles. The van der Waals surface area contributed by atoms with Gasteiger partial charge in [0.2, 0.25) is 5.91 Å². The van der Waals surface area contributed by atoms with Crippen LogP contribution in [0.5, 0.6) is 0 Å². The fourth-order valence-electron chi connectivity index (χ4n) is 1.62. The Kier molecular flexibility index (Phi) is 3.09. The quantitative estimate of drug-likeness (QED) is 0.865. The fraction of sp³-hybridized carbons (Fsp3) is 0.417. The van der Waals surface area contributed by atoms with Crippen molar-refractivity contribution in [2.75, 3.05) is 5.32 Å². The summed E-state index contributed by atoms with van der Waals surface area (Å²) >= 11 is 0. The normalized spacial score (nSPS) is 15.7. The van der Waals surface area contributed by atoms with E-state index < -0.39 is 11.7 Å². The molecule has 5 heteroatoms. The van der Waals surface area contributed by atoms with Gasteiger partial charge in [0.25, 0.3) is 0 Å². The van der Waals surface area contributed by atoms with Crippen molar-refractivity contribution in [1.29, 1.82) is 0 Å². The fourth-order valence-corrected chi connectivity index (χ4v) is 1.62. The molecule has 17 heavy (non-hydrogen) atoms. The highest BCUT2D eigenvalue weighted by atomic mass is 19.4. The molecule has 0 unspecified atom stereocenters. The number of amides is 1. The molecular weight excluding hydrogens is 231 g/mol. The van der Waals surface area contributed by atoms with Crippen molar-refractivity contribution in [3.63, 3.8) is 0 Å². The van der Waals surface area contributed by atoms with E-state index in [-0.39, 0.29) is 11.6 Å². The summed E-state index contributed by atoms with van der Waals surface area (Å²) in [5.74, 6) is 0.0113. The minimum absolute atomic E-state index is 0.161. The summed E-state index contributed by atoms with van der Waals surface area (Å²) in [6, 6.07) is 5.02. The lowest BCUT2D eigenvalue weighted by Gasteiger charge is -2.13. The van der Waals surface area contributed by atoms with Crippen LogP contribution in [-0.2, 0) is 11.0 Å². The average molecular weight is 243 g/mol. The van der Waals surface area contributed by atoms with E-state index in [1.807, 2.05) is 0 Å². The molecule has 0 spiro atoms. The Hall–Kier alpha value is -1.52. The van der Waals surface area contributed by atoms with Crippen LogP contribution in [0.15, 0.2) is 24.3 Å². The molecule has 1 saturated carbocycles. The van der Waals surface area contributed by atoms with Crippen LogP contribution in [0.4, 0.5) is 18.9 Å². The van der Waals surface area contributed by atoms with Crippen LogP contribution in [0.2, 0.25) is 0 Å². The Balaban J connectivity index is 2.11. The van der Waals surface area contributed by atoms with Gasteiger partial charge in [-0.05, 0) is 30.9 Å². The Labute approximate surface area is 96.8 Å². The first-order chi connectivity index (χ1) is 7.97. The number of halogens is 3. The van der Waals surface area contributed by atoms with Crippen LogP contribution in [0, 0.1) is 5.92 Å². The molecule has 0 bridgehead atoms. The van der Waals surface area contributed by atoms with Crippen LogP contribution in [0.3, 0.4) is 0 Å². The van der Waals surface area contributed by atoms with E-state index in [4.69, 9.17) is 0 Å². The summed E-state index contributed by atoms with van der Waals surface area (Å²) in [5.41, 5.74) is -0.963. The minimum Gasteiger partial charge on any atom is -0.325 e. The highest BCUT2D eigenvalue weighted by Crippen LogP contribution is 2.36. The second-order valence-electron chi connectivity index (χ2n) is 4.24. The van der Waals surface area contributed by atoms with Gasteiger partial charge < -0.3 is 5.32 Å². The van der Waals surface area contributed by atoms with Crippen molar-refractivity contribution < 1.29 is 18.0 Å². The lowest BCUT2D eigenvalue weighted by atomic mass is 10.1. The second-order valence-corrected chi connectivity index (χ2v) is 4.24. The van der Waals surface area contributed by atoms with Gasteiger partial charge in [0.05, 0.1) is 11.3 Å². The van der Waals surface area contributed by atoms with E-state index in [9.17, 15) is 18.0 Å². The number of rotatable bonds is 3. The number of hydrogen-bond donors (Lipinski definition) is 1. The molecule has 0 aromatic heterocycles. The maximum atomic E-state index is 12.6. The Morgan fingerprint density at radius 3 is 2.53 bits per heavy atom. The van der Waals surface area contributed by atoms with Gasteiger partial charge in [0, 0.05) is 6.42 Å². The van der Waals surface area contributed by atoms with Gasteiger partial charge in [-0.15, -0.1) is 0 Å². The molecule has 1 aliphatic rings. The van der Waals surface area contributed by atoms with E-state index >= 15 is 0 Å². The third-order valence-electron chi connectivity index (χ3n) is 2.68. The minimum atomic E-state index is -4.44. The van der Waals surface area contributed by atoms with Crippen LogP contribution in [-0.4, -0.2) is 5.91 Å². The second kappa shape index (κ2) is 4.39. The SMILES string of the molecule is O=C(CC1CC1)Nc1ccccc1C(F)(F)F. The largest absolute Gasteiger partial charge is 0.418 e. The van der Waals surface area contributed by atoms with Gasteiger partial charge >= 0.3 is 6.18 Å². The third-order valence-corrected chi connectivity index (χ3v) is 2.68. The molecule has 1 fully saturated rings. The zero-order valence-corrected chi connectivity index (χ0v) is 9.05. The van der Waals surface area contributed by atoms with Gasteiger partial charge in [-0.3, -0.25) is 4.79 Å². The number of para-hydroxylation sites is 1. The first-order valence-corrected chi connectivity index (χ1v) is 5.43. The van der Waals surface area contributed by atoms with Crippen molar-refractivity contribution in [3.8, 4) is 0 Å². The molecule has 0 radical (unpaired) electrons. The van der Waals surface area contributed by atoms with Crippen LogP contribution < -0.4 is 5.32 Å². The molecule has 1 amide bonds. The van der Waals surface area contributed by atoms with Crippen LogP contribution in [0.25, 0.3) is 0 Å². The van der Waals surface area contributed by atoms with Gasteiger partial charge in [-0.1, -0.05) is 12.1 Å². The Morgan fingerprint density at radius 1 is 1.29 bits per heavy atom. The number of nitrogens with one attached hydrogen (secondary N) is 1. The molecule has 92 valence electrons. The van der Waals surface area contributed by atoms with E-state index in [0.717, 1.165) is 18.9 Å². The smallest absolute Gasteiger partial charge is 0.325 e. The number of alkyl halides is 3. The molecule has 0 atom stereocenters. The molecular formula is C12H12F3NO. The Morgan fingerprint density at radius 2 is 1.94 bits per heavy atom. The lowest BCUT2D eigenvalue weighted by molar-refractivity contribution is -0.137. The molecule has 0 heterocycles. The summed E-state index contributed by atoms with van der Waals surface area (Å²) in [6.07, 6.45) is -2.14. The summed E-state index contributed by atoms with van der Waals surface area (Å²) < 4.78 is 37.9. The van der Waals surface area contributed by atoms with Crippen molar-refractivity contribution in [3.05, 3.63) is 29.8 Å². The third kappa shape index (κ3) is 3.22. The molecule has 1 aromatic carbocycles. The molecule has 2 nitrogen and oxygen atoms in total. The van der Waals surface area contributed by atoms with Gasteiger partial charge in [-0.25, -0.2) is 0 Å². The number of benzene rings is 1. The molecule has 2 rings (SSSR count). The summed E-state index contributed by atoms with van der Waals surface area (Å²) in [7, 11) is 0. The Bertz CT molecular complexity index is 424. The molecule has 0 saturated heterocycles. The number of anilines is 1. The molecule has 1 aromatic rings. The van der Waals surface area contributed by atoms with E-state index in [0.29, 0.717) is 12.3 Å². The first kappa shape index (κ1) is 12.0. The number of carbonyl (C=O) groups is 1. The van der Waals surface area contributed by atoms with E-state index in [1.165, 1.54) is 18.2 Å². The summed E-state index contributed by atoms with van der Waals surface area (Å²) in [4.78, 5) is 11.5. The first-order valence-electron chi connectivity index (χ1n) is 5.43. The average Bonchev–Trinajstić information content (AvgIpc) is 3.00. The van der Waals surface area contributed by atoms with Crippen LogP contribution in [0.1, 0.15) is 24.8 Å². The predicted octanol–water partition coefficient (Wildman–Crippen LogP) is 3.44. The van der Waals surface area contributed by atoms with Gasteiger partial charge in [0.15, 0.2) is 0 Å². The maximum Gasteiger partial charge on any atom is 0.418 e. The lowest BCUT2D eigenvalue weighted by Crippen LogP contribution is -2.16. The monoisotopic (exact) mass is 243 g/mol. The zero-order chi connectivity index (χ0) is 12.5. The topological polar surface area (TPSA) is 29.1 Å². The summed E-state index contributed by atoms with van der Waals surface area (Å²) in [6.45, 7) is 0. The highest BCUT2D eigenvalue weighted by Gasteiger charge is 2.34. The zero-order valence-electron chi connectivity index (χ0n) is 9.05. The molecule has 1 N–H and O–H groups in total. The maximum absolute atomic E-state index is 12.6. The van der Waals surface area contributed by atoms with Crippen molar-refractivity contribution in [2.24, 2.45) is 5.92 Å². The predicted molar refractivity (Wildman–Crippen MR) is 57.4 cm³/mol. The van der Waals surface area contributed by atoms with Gasteiger partial charge in [0.1, 0.15) is 0 Å². The van der Waals surface area contributed by atoms with E-state index in [2.05, 4.69) is 5.32 Å². The van der Waals surface area contributed by atoms with E-state index in [1.54, 1.807) is 0 Å². The van der Waals surface area contributed by atoms with Gasteiger partial charge in [-0.2, -0.15) is 13.2 Å². The molecule has 1 aliphatic carbocycles. The van der Waals surface area contributed by atoms with Crippen molar-refractivity contribution >= 4 is 11.6 Å². The highest BCUT2D eigenvalue weighted by molar-refractivity contribution is 5.91. The van der Waals surface area contributed by atoms with Crippen molar-refractivity contribution in [1.82, 2.24) is 0 Å². The van der Waals surface area contributed by atoms with Crippen molar-refractivity contribution in [2.45, 2.75) is 25.4 Å².